The van der Waals surface area contributed by atoms with E-state index in [2.05, 4.69) is 15.8 Å². The molecule has 5 nitrogen and oxygen atoms in total. The lowest BCUT2D eigenvalue weighted by atomic mass is 9.82. The van der Waals surface area contributed by atoms with Crippen LogP contribution >= 0.6 is 12.4 Å². The van der Waals surface area contributed by atoms with Crippen LogP contribution in [0.4, 0.5) is 0 Å². The lowest BCUT2D eigenvalue weighted by Crippen LogP contribution is -2.48. The molecule has 2 N–H and O–H groups in total. The minimum atomic E-state index is -0.294. The quantitative estimate of drug-likeness (QED) is 0.888. The molecule has 0 radical (unpaired) electrons. The Morgan fingerprint density at radius 1 is 1.53 bits per heavy atom. The van der Waals surface area contributed by atoms with Crippen LogP contribution in [0.25, 0.3) is 0 Å². The van der Waals surface area contributed by atoms with Crippen LogP contribution in [-0.2, 0) is 11.3 Å². The molecule has 0 aromatic carbocycles. The molecule has 2 heterocycles. The molecule has 1 unspecified atom stereocenters. The zero-order valence-electron chi connectivity index (χ0n) is 11.7. The summed E-state index contributed by atoms with van der Waals surface area (Å²) in [5, 5.41) is 10.2. The number of rotatable bonds is 3. The van der Waals surface area contributed by atoms with Crippen LogP contribution in [0.1, 0.15) is 36.8 Å². The van der Waals surface area contributed by atoms with Crippen molar-refractivity contribution in [3.05, 3.63) is 17.0 Å². The number of halogens is 1. The molecule has 108 valence electrons. The molecule has 0 saturated carbocycles. The number of hydrogen-bond donors (Lipinski definition) is 2. The SMILES string of the molecule is Cc1noc(C)c1CNC(=O)C1(C)CCCNC1.Cl. The first-order valence-corrected chi connectivity index (χ1v) is 6.44. The number of nitrogens with one attached hydrogen (secondary N) is 2. The highest BCUT2D eigenvalue weighted by molar-refractivity contribution is 5.85. The lowest BCUT2D eigenvalue weighted by molar-refractivity contribution is -0.131. The zero-order valence-corrected chi connectivity index (χ0v) is 12.5. The molecule has 6 heteroatoms. The molecule has 0 bridgehead atoms. The molecule has 1 atom stereocenters. The first kappa shape index (κ1) is 16.0. The van der Waals surface area contributed by atoms with E-state index in [1.54, 1.807) is 0 Å². The van der Waals surface area contributed by atoms with Crippen molar-refractivity contribution in [1.29, 1.82) is 0 Å². The van der Waals surface area contributed by atoms with Crippen molar-refractivity contribution in [3.63, 3.8) is 0 Å². The van der Waals surface area contributed by atoms with Gasteiger partial charge < -0.3 is 15.2 Å². The van der Waals surface area contributed by atoms with E-state index in [1.165, 1.54) is 0 Å². The number of carbonyl (C=O) groups is 1. The van der Waals surface area contributed by atoms with Crippen LogP contribution in [0.2, 0.25) is 0 Å². The minimum absolute atomic E-state index is 0. The third-order valence-electron chi connectivity index (χ3n) is 3.75. The lowest BCUT2D eigenvalue weighted by Gasteiger charge is -2.32. The molecule has 1 fully saturated rings. The van der Waals surface area contributed by atoms with Gasteiger partial charge in [0.1, 0.15) is 5.76 Å². The van der Waals surface area contributed by atoms with Gasteiger partial charge in [-0.25, -0.2) is 0 Å². The highest BCUT2D eigenvalue weighted by Crippen LogP contribution is 2.25. The van der Waals surface area contributed by atoms with Crippen molar-refractivity contribution >= 4 is 18.3 Å². The summed E-state index contributed by atoms with van der Waals surface area (Å²) in [5.41, 5.74) is 1.53. The third-order valence-corrected chi connectivity index (χ3v) is 3.75. The molecule has 0 aliphatic carbocycles. The normalized spacial score (nSPS) is 22.7. The van der Waals surface area contributed by atoms with E-state index >= 15 is 0 Å². The summed E-state index contributed by atoms with van der Waals surface area (Å²) in [4.78, 5) is 12.2. The number of piperidine rings is 1. The summed E-state index contributed by atoms with van der Waals surface area (Å²) >= 11 is 0. The summed E-state index contributed by atoms with van der Waals surface area (Å²) in [6.07, 6.45) is 1.99. The van der Waals surface area contributed by atoms with E-state index in [0.29, 0.717) is 6.54 Å². The Kier molecular flexibility index (Phi) is 5.38. The number of carbonyl (C=O) groups excluding carboxylic acids is 1. The van der Waals surface area contributed by atoms with Gasteiger partial charge in [0.05, 0.1) is 11.1 Å². The van der Waals surface area contributed by atoms with Crippen molar-refractivity contribution in [2.75, 3.05) is 13.1 Å². The molecule has 1 saturated heterocycles. The maximum absolute atomic E-state index is 12.2. The largest absolute Gasteiger partial charge is 0.361 e. The second-order valence-electron chi connectivity index (χ2n) is 5.33. The van der Waals surface area contributed by atoms with Gasteiger partial charge in [-0.05, 0) is 40.2 Å². The summed E-state index contributed by atoms with van der Waals surface area (Å²) in [7, 11) is 0. The second-order valence-corrected chi connectivity index (χ2v) is 5.33. The average Bonchev–Trinajstić information content (AvgIpc) is 2.67. The number of nitrogens with zero attached hydrogens (tertiary/aromatic N) is 1. The summed E-state index contributed by atoms with van der Waals surface area (Å²) in [5.74, 6) is 0.884. The molecule has 0 spiro atoms. The molecule has 1 aromatic heterocycles. The first-order valence-electron chi connectivity index (χ1n) is 6.44. The van der Waals surface area contributed by atoms with Crippen LogP contribution in [0.5, 0.6) is 0 Å². The fourth-order valence-electron chi connectivity index (χ4n) is 2.39. The van der Waals surface area contributed by atoms with E-state index < -0.39 is 0 Å². The molecular weight excluding hydrogens is 266 g/mol. The summed E-state index contributed by atoms with van der Waals surface area (Å²) < 4.78 is 5.08. The Bertz CT molecular complexity index is 420. The molecule has 19 heavy (non-hydrogen) atoms. The molecule has 1 aromatic rings. The van der Waals surface area contributed by atoms with Crippen LogP contribution in [0.3, 0.4) is 0 Å². The standard InChI is InChI=1S/C13H21N3O2.ClH/c1-9-11(10(2)18-16-9)7-15-12(17)13(3)5-4-6-14-8-13;/h14H,4-8H2,1-3H3,(H,15,17);1H. The summed E-state index contributed by atoms with van der Waals surface area (Å²) in [6.45, 7) is 8.03. The fourth-order valence-corrected chi connectivity index (χ4v) is 2.39. The molecular formula is C13H22ClN3O2. The maximum atomic E-state index is 12.2. The van der Waals surface area contributed by atoms with E-state index in [9.17, 15) is 4.79 Å². The topological polar surface area (TPSA) is 67.2 Å². The second kappa shape index (κ2) is 6.39. The van der Waals surface area contributed by atoms with Gasteiger partial charge >= 0.3 is 0 Å². The zero-order chi connectivity index (χ0) is 13.2. The first-order chi connectivity index (χ1) is 8.53. The maximum Gasteiger partial charge on any atom is 0.227 e. The fraction of sp³-hybridized carbons (Fsp3) is 0.692. The number of amides is 1. The van der Waals surface area contributed by atoms with Gasteiger partial charge in [-0.1, -0.05) is 5.16 Å². The number of aromatic nitrogens is 1. The third kappa shape index (κ3) is 3.48. The molecule has 2 rings (SSSR count). The van der Waals surface area contributed by atoms with Gasteiger partial charge in [-0.2, -0.15) is 0 Å². The Hall–Kier alpha value is -1.07. The van der Waals surface area contributed by atoms with Gasteiger partial charge in [-0.15, -0.1) is 12.4 Å². The minimum Gasteiger partial charge on any atom is -0.361 e. The Labute approximate surface area is 119 Å². The van der Waals surface area contributed by atoms with Gasteiger partial charge in [0, 0.05) is 18.7 Å². The van der Waals surface area contributed by atoms with Gasteiger partial charge in [0.25, 0.3) is 0 Å². The van der Waals surface area contributed by atoms with E-state index in [4.69, 9.17) is 4.52 Å². The predicted octanol–water partition coefficient (Wildman–Crippen LogP) is 1.72. The molecule has 1 aliphatic heterocycles. The highest BCUT2D eigenvalue weighted by Gasteiger charge is 2.34. The van der Waals surface area contributed by atoms with E-state index in [-0.39, 0.29) is 23.7 Å². The van der Waals surface area contributed by atoms with Crippen molar-refractivity contribution in [3.8, 4) is 0 Å². The van der Waals surface area contributed by atoms with Crippen molar-refractivity contribution in [2.24, 2.45) is 5.41 Å². The number of aryl methyl sites for hydroxylation is 2. The van der Waals surface area contributed by atoms with E-state index in [0.717, 1.165) is 42.9 Å². The summed E-state index contributed by atoms with van der Waals surface area (Å²) in [6, 6.07) is 0. The number of hydrogen-bond acceptors (Lipinski definition) is 4. The molecule has 1 aliphatic rings. The van der Waals surface area contributed by atoms with Crippen molar-refractivity contribution in [2.45, 2.75) is 40.2 Å². The monoisotopic (exact) mass is 287 g/mol. The van der Waals surface area contributed by atoms with Crippen LogP contribution in [-0.4, -0.2) is 24.2 Å². The Morgan fingerprint density at radius 2 is 2.26 bits per heavy atom. The van der Waals surface area contributed by atoms with Crippen molar-refractivity contribution in [1.82, 2.24) is 15.8 Å². The average molecular weight is 288 g/mol. The van der Waals surface area contributed by atoms with E-state index in [1.807, 2.05) is 20.8 Å². The predicted molar refractivity (Wildman–Crippen MR) is 75.3 cm³/mol. The molecule has 1 amide bonds. The smallest absolute Gasteiger partial charge is 0.227 e. The van der Waals surface area contributed by atoms with Crippen molar-refractivity contribution < 1.29 is 9.32 Å². The van der Waals surface area contributed by atoms with Crippen LogP contribution < -0.4 is 10.6 Å². The highest BCUT2D eigenvalue weighted by atomic mass is 35.5. The van der Waals surface area contributed by atoms with Gasteiger partial charge in [0.2, 0.25) is 5.91 Å². The van der Waals surface area contributed by atoms with Gasteiger partial charge in [0.15, 0.2) is 0 Å². The van der Waals surface area contributed by atoms with Gasteiger partial charge in [-0.3, -0.25) is 4.79 Å². The Morgan fingerprint density at radius 3 is 2.79 bits per heavy atom. The van der Waals surface area contributed by atoms with Crippen LogP contribution in [0, 0.1) is 19.3 Å². The van der Waals surface area contributed by atoms with Crippen LogP contribution in [0.15, 0.2) is 4.52 Å². The Balaban J connectivity index is 0.00000180.